The molecule has 0 aliphatic heterocycles. The van der Waals surface area contributed by atoms with Crippen LogP contribution in [-0.2, 0) is 10.0 Å². The lowest BCUT2D eigenvalue weighted by Gasteiger charge is -2.07. The fourth-order valence-corrected chi connectivity index (χ4v) is 2.48. The van der Waals surface area contributed by atoms with E-state index in [1.165, 1.54) is 12.3 Å². The topological polar surface area (TPSA) is 98.1 Å². The van der Waals surface area contributed by atoms with Gasteiger partial charge in [-0.25, -0.2) is 22.9 Å². The molecule has 0 radical (unpaired) electrons. The molecule has 21 heavy (non-hydrogen) atoms. The van der Waals surface area contributed by atoms with Crippen LogP contribution in [-0.4, -0.2) is 18.4 Å². The molecule has 0 unspecified atom stereocenters. The first kappa shape index (κ1) is 13.5. The number of ether oxygens (including phenoxy) is 1. The first-order valence-electron chi connectivity index (χ1n) is 5.87. The third-order valence-electron chi connectivity index (χ3n) is 2.82. The fraction of sp³-hybridized carbons (Fsp3) is 0. The number of pyridine rings is 1. The van der Waals surface area contributed by atoms with Crippen LogP contribution in [0.3, 0.4) is 0 Å². The number of benzene rings is 1. The normalized spacial score (nSPS) is 11.7. The van der Waals surface area contributed by atoms with E-state index in [1.807, 2.05) is 6.07 Å². The summed E-state index contributed by atoms with van der Waals surface area (Å²) in [6.07, 6.45) is 3.21. The van der Waals surface area contributed by atoms with Crippen molar-refractivity contribution >= 4 is 21.1 Å². The van der Waals surface area contributed by atoms with Gasteiger partial charge in [0, 0.05) is 17.6 Å². The SMILES string of the molecule is NS(=O)(=O)c1ccc(Oc2cnc3[nH]ccc3c2)cc1F. The van der Waals surface area contributed by atoms with Crippen LogP contribution >= 0.6 is 0 Å². The Hall–Kier alpha value is -2.45. The highest BCUT2D eigenvalue weighted by molar-refractivity contribution is 7.89. The minimum Gasteiger partial charge on any atom is -0.456 e. The van der Waals surface area contributed by atoms with E-state index in [9.17, 15) is 12.8 Å². The summed E-state index contributed by atoms with van der Waals surface area (Å²) in [4.78, 5) is 6.49. The Morgan fingerprint density at radius 1 is 1.19 bits per heavy atom. The van der Waals surface area contributed by atoms with Crippen LogP contribution in [0.2, 0.25) is 0 Å². The Kier molecular flexibility index (Phi) is 3.11. The molecule has 2 aromatic heterocycles. The summed E-state index contributed by atoms with van der Waals surface area (Å²) in [7, 11) is -4.09. The van der Waals surface area contributed by atoms with Gasteiger partial charge in [0.2, 0.25) is 10.0 Å². The summed E-state index contributed by atoms with van der Waals surface area (Å²) in [5, 5.41) is 5.73. The number of primary sulfonamides is 1. The van der Waals surface area contributed by atoms with Crippen molar-refractivity contribution in [2.75, 3.05) is 0 Å². The van der Waals surface area contributed by atoms with Crippen LogP contribution in [0.15, 0.2) is 47.6 Å². The molecule has 1 aromatic carbocycles. The van der Waals surface area contributed by atoms with Crippen LogP contribution in [0.5, 0.6) is 11.5 Å². The second-order valence-electron chi connectivity index (χ2n) is 4.33. The molecule has 8 heteroatoms. The highest BCUT2D eigenvalue weighted by Gasteiger charge is 2.15. The summed E-state index contributed by atoms with van der Waals surface area (Å²) < 4.78 is 41.4. The predicted octanol–water partition coefficient (Wildman–Crippen LogP) is 2.14. The lowest BCUT2D eigenvalue weighted by molar-refractivity contribution is 0.472. The summed E-state index contributed by atoms with van der Waals surface area (Å²) in [6.45, 7) is 0. The van der Waals surface area contributed by atoms with Gasteiger partial charge in [0.25, 0.3) is 0 Å². The van der Waals surface area contributed by atoms with Gasteiger partial charge in [0.1, 0.15) is 27.9 Å². The number of nitrogens with two attached hydrogens (primary N) is 1. The van der Waals surface area contributed by atoms with Crippen LogP contribution in [0.25, 0.3) is 11.0 Å². The number of hydrogen-bond donors (Lipinski definition) is 2. The van der Waals surface area contributed by atoms with Gasteiger partial charge in [0.05, 0.1) is 6.20 Å². The number of nitrogens with one attached hydrogen (secondary N) is 1. The summed E-state index contributed by atoms with van der Waals surface area (Å²) in [5.41, 5.74) is 0.707. The van der Waals surface area contributed by atoms with Crippen LogP contribution in [0, 0.1) is 5.82 Å². The van der Waals surface area contributed by atoms with E-state index in [0.29, 0.717) is 11.4 Å². The number of fused-ring (bicyclic) bond motifs is 1. The van der Waals surface area contributed by atoms with E-state index in [-0.39, 0.29) is 5.75 Å². The quantitative estimate of drug-likeness (QED) is 0.774. The summed E-state index contributed by atoms with van der Waals surface area (Å²) in [5.74, 6) is -0.410. The van der Waals surface area contributed by atoms with E-state index in [2.05, 4.69) is 9.97 Å². The number of aromatic nitrogens is 2. The Morgan fingerprint density at radius 3 is 2.71 bits per heavy atom. The molecule has 3 aromatic rings. The Morgan fingerprint density at radius 2 is 2.00 bits per heavy atom. The van der Waals surface area contributed by atoms with Crippen molar-refractivity contribution < 1.29 is 17.5 Å². The highest BCUT2D eigenvalue weighted by atomic mass is 32.2. The number of rotatable bonds is 3. The van der Waals surface area contributed by atoms with Crippen molar-refractivity contribution in [3.63, 3.8) is 0 Å². The molecule has 2 heterocycles. The highest BCUT2D eigenvalue weighted by Crippen LogP contribution is 2.26. The van der Waals surface area contributed by atoms with Crippen molar-refractivity contribution in [3.05, 3.63) is 48.5 Å². The maximum Gasteiger partial charge on any atom is 0.240 e. The first-order chi connectivity index (χ1) is 9.93. The summed E-state index contributed by atoms with van der Waals surface area (Å²) in [6, 6.07) is 6.89. The predicted molar refractivity (Wildman–Crippen MR) is 73.9 cm³/mol. The van der Waals surface area contributed by atoms with E-state index in [0.717, 1.165) is 17.5 Å². The molecular formula is C13H10FN3O3S. The summed E-state index contributed by atoms with van der Waals surface area (Å²) >= 11 is 0. The molecule has 3 N–H and O–H groups in total. The molecule has 0 fully saturated rings. The van der Waals surface area contributed by atoms with Gasteiger partial charge >= 0.3 is 0 Å². The average Bonchev–Trinajstić information content (AvgIpc) is 2.84. The monoisotopic (exact) mass is 307 g/mol. The van der Waals surface area contributed by atoms with E-state index in [4.69, 9.17) is 9.88 Å². The van der Waals surface area contributed by atoms with Crippen molar-refractivity contribution in [1.82, 2.24) is 9.97 Å². The van der Waals surface area contributed by atoms with Crippen LogP contribution in [0.4, 0.5) is 4.39 Å². The van der Waals surface area contributed by atoms with Gasteiger partial charge in [-0.05, 0) is 24.3 Å². The van der Waals surface area contributed by atoms with Gasteiger partial charge in [0.15, 0.2) is 0 Å². The second-order valence-corrected chi connectivity index (χ2v) is 5.86. The van der Waals surface area contributed by atoms with Crippen LogP contribution < -0.4 is 9.88 Å². The first-order valence-corrected chi connectivity index (χ1v) is 7.41. The molecule has 0 amide bonds. The lowest BCUT2D eigenvalue weighted by atomic mass is 10.3. The maximum absolute atomic E-state index is 13.7. The molecule has 0 spiro atoms. The van der Waals surface area contributed by atoms with Crippen LogP contribution in [0.1, 0.15) is 0 Å². The zero-order chi connectivity index (χ0) is 15.0. The van der Waals surface area contributed by atoms with E-state index in [1.54, 1.807) is 12.3 Å². The van der Waals surface area contributed by atoms with E-state index >= 15 is 0 Å². The Labute approximate surface area is 119 Å². The van der Waals surface area contributed by atoms with Gasteiger partial charge in [-0.1, -0.05) is 0 Å². The molecule has 108 valence electrons. The Bertz CT molecular complexity index is 921. The standard InChI is InChI=1S/C13H10FN3O3S/c14-11-6-9(1-2-12(11)21(15,18)19)20-10-5-8-3-4-16-13(8)17-7-10/h1-7H,(H,16,17)(H2,15,18,19). The van der Waals surface area contributed by atoms with Gasteiger partial charge < -0.3 is 9.72 Å². The third-order valence-corrected chi connectivity index (χ3v) is 3.76. The molecule has 0 bridgehead atoms. The third kappa shape index (κ3) is 2.71. The van der Waals surface area contributed by atoms with Crippen molar-refractivity contribution in [2.24, 2.45) is 5.14 Å². The van der Waals surface area contributed by atoms with Gasteiger partial charge in [-0.3, -0.25) is 0 Å². The minimum absolute atomic E-state index is 0.150. The minimum atomic E-state index is -4.09. The molecule has 0 saturated heterocycles. The molecule has 0 aliphatic rings. The molecule has 6 nitrogen and oxygen atoms in total. The molecule has 0 aliphatic carbocycles. The van der Waals surface area contributed by atoms with Gasteiger partial charge in [-0.2, -0.15) is 0 Å². The molecule has 3 rings (SSSR count). The average molecular weight is 307 g/mol. The smallest absolute Gasteiger partial charge is 0.240 e. The number of nitrogens with zero attached hydrogens (tertiary/aromatic N) is 1. The lowest BCUT2D eigenvalue weighted by Crippen LogP contribution is -2.13. The molecule has 0 saturated carbocycles. The molecular weight excluding hydrogens is 297 g/mol. The van der Waals surface area contributed by atoms with Gasteiger partial charge in [-0.15, -0.1) is 0 Å². The number of aromatic amines is 1. The van der Waals surface area contributed by atoms with Crippen molar-refractivity contribution in [1.29, 1.82) is 0 Å². The number of H-pyrrole nitrogens is 1. The van der Waals surface area contributed by atoms with E-state index < -0.39 is 20.7 Å². The fourth-order valence-electron chi connectivity index (χ4n) is 1.89. The maximum atomic E-state index is 13.7. The number of hydrogen-bond acceptors (Lipinski definition) is 4. The second kappa shape index (κ2) is 4.83. The Balaban J connectivity index is 1.92. The van der Waals surface area contributed by atoms with Crippen molar-refractivity contribution in [3.8, 4) is 11.5 Å². The molecule has 0 atom stereocenters. The zero-order valence-electron chi connectivity index (χ0n) is 10.6. The number of sulfonamides is 1. The number of halogens is 1. The zero-order valence-corrected chi connectivity index (χ0v) is 11.4. The van der Waals surface area contributed by atoms with Crippen molar-refractivity contribution in [2.45, 2.75) is 4.90 Å². The largest absolute Gasteiger partial charge is 0.456 e.